The van der Waals surface area contributed by atoms with Gasteiger partial charge in [-0.25, -0.2) is 4.79 Å². The van der Waals surface area contributed by atoms with Crippen LogP contribution < -0.4 is 17.4 Å². The van der Waals surface area contributed by atoms with Gasteiger partial charge >= 0.3 is 11.8 Å². The molecule has 9 heteroatoms. The number of halogens is 5. The third kappa shape index (κ3) is 6.24. The van der Waals surface area contributed by atoms with E-state index < -0.39 is 11.4 Å². The van der Waals surface area contributed by atoms with Crippen LogP contribution in [0.5, 0.6) is 0 Å². The topological polar surface area (TPSA) is 41.8 Å². The Morgan fingerprint density at radius 1 is 0.963 bits per heavy atom. The van der Waals surface area contributed by atoms with Gasteiger partial charge in [0.2, 0.25) is 0 Å². The van der Waals surface area contributed by atoms with E-state index in [2.05, 4.69) is 0 Å². The van der Waals surface area contributed by atoms with Gasteiger partial charge in [0.15, 0.2) is 0 Å². The molecule has 2 aromatic carbocycles. The Morgan fingerprint density at radius 3 is 1.96 bits per heavy atom. The standard InChI is InChI=1S/C18H17Cl3N2O2.2ClH/c1-18(2,3)22(16(24)12-8-10-13(19)11-9-12)23(21)17(25)14-6-4-5-7-15(14)20;;/h4-11H,1-3H3;2*1H. The third-order valence-electron chi connectivity index (χ3n) is 3.51. The van der Waals surface area contributed by atoms with Crippen LogP contribution in [0.25, 0.3) is 0 Å². The summed E-state index contributed by atoms with van der Waals surface area (Å²) in [5, 5.41) is 0.940. The molecule has 2 amide bonds. The lowest BCUT2D eigenvalue weighted by Crippen LogP contribution is -3.25. The lowest BCUT2D eigenvalue weighted by molar-refractivity contribution is -0.951. The second kappa shape index (κ2) is 10.5. The van der Waals surface area contributed by atoms with Crippen molar-refractivity contribution in [2.75, 3.05) is 0 Å². The van der Waals surface area contributed by atoms with Crippen LogP contribution in [0.3, 0.4) is 0 Å². The van der Waals surface area contributed by atoms with Crippen LogP contribution in [0.2, 0.25) is 10.0 Å². The van der Waals surface area contributed by atoms with Gasteiger partial charge in [-0.2, -0.15) is 0 Å². The molecule has 0 saturated heterocycles. The molecule has 1 unspecified atom stereocenters. The number of amides is 2. The van der Waals surface area contributed by atoms with E-state index >= 15 is 0 Å². The molecule has 2 aromatic rings. The van der Waals surface area contributed by atoms with Crippen LogP contribution in [0, 0.1) is 0 Å². The SMILES string of the molecule is CC(C)(C)[NH+](C(=O)c1ccc(Cl)cc1)N(Cl)C(=O)c1ccccc1Cl.Cl.[Cl-]. The molecule has 0 aliphatic heterocycles. The Morgan fingerprint density at radius 2 is 1.48 bits per heavy atom. The zero-order valence-electron chi connectivity index (χ0n) is 14.8. The van der Waals surface area contributed by atoms with E-state index in [9.17, 15) is 9.59 Å². The number of carbonyl (C=O) groups is 2. The fraction of sp³-hybridized carbons (Fsp3) is 0.222. The van der Waals surface area contributed by atoms with Gasteiger partial charge in [0.25, 0.3) is 0 Å². The van der Waals surface area contributed by atoms with Crippen molar-refractivity contribution in [3.8, 4) is 0 Å². The highest BCUT2D eigenvalue weighted by atomic mass is 35.5. The fourth-order valence-corrected chi connectivity index (χ4v) is 3.07. The summed E-state index contributed by atoms with van der Waals surface area (Å²) in [7, 11) is 0. The highest BCUT2D eigenvalue weighted by Gasteiger charge is 2.42. The monoisotopic (exact) mass is 470 g/mol. The second-order valence-electron chi connectivity index (χ2n) is 6.50. The minimum absolute atomic E-state index is 0. The van der Waals surface area contributed by atoms with Gasteiger partial charge in [-0.1, -0.05) is 39.9 Å². The highest BCUT2D eigenvalue weighted by molar-refractivity contribution is 6.35. The molecule has 0 saturated carbocycles. The molecule has 148 valence electrons. The van der Waals surface area contributed by atoms with Gasteiger partial charge in [-0.3, -0.25) is 4.79 Å². The molecule has 1 atom stereocenters. The van der Waals surface area contributed by atoms with Crippen LogP contribution in [-0.4, -0.2) is 21.9 Å². The van der Waals surface area contributed by atoms with Crippen molar-refractivity contribution < 1.29 is 27.0 Å². The summed E-state index contributed by atoms with van der Waals surface area (Å²) in [6.45, 7) is 5.43. The maximum absolute atomic E-state index is 13.0. The van der Waals surface area contributed by atoms with Crippen molar-refractivity contribution in [1.29, 1.82) is 0 Å². The van der Waals surface area contributed by atoms with E-state index in [1.54, 1.807) is 48.5 Å². The summed E-state index contributed by atoms with van der Waals surface area (Å²) in [6.07, 6.45) is 0. The maximum atomic E-state index is 13.0. The predicted octanol–water partition coefficient (Wildman–Crippen LogP) is 1.45. The first-order valence-electron chi connectivity index (χ1n) is 7.55. The Balaban J connectivity index is 0.00000338. The second-order valence-corrected chi connectivity index (χ2v) is 7.68. The van der Waals surface area contributed by atoms with Crippen molar-refractivity contribution >= 4 is 59.2 Å². The minimum atomic E-state index is -0.671. The Labute approximate surface area is 186 Å². The van der Waals surface area contributed by atoms with Crippen molar-refractivity contribution in [1.82, 2.24) is 4.53 Å². The molecule has 0 aliphatic rings. The van der Waals surface area contributed by atoms with Gasteiger partial charge in [0.1, 0.15) is 5.54 Å². The zero-order valence-corrected chi connectivity index (χ0v) is 18.6. The summed E-state index contributed by atoms with van der Waals surface area (Å²) < 4.78 is 0.859. The molecule has 2 rings (SSSR count). The fourth-order valence-electron chi connectivity index (χ4n) is 2.30. The summed E-state index contributed by atoms with van der Waals surface area (Å²) in [5.74, 6) is -0.904. The quantitative estimate of drug-likeness (QED) is 0.531. The molecule has 1 N–H and O–H groups in total. The molecule has 0 spiro atoms. The van der Waals surface area contributed by atoms with E-state index in [4.69, 9.17) is 35.0 Å². The normalized spacial score (nSPS) is 11.6. The summed E-state index contributed by atoms with van der Waals surface area (Å²) >= 11 is 18.3. The molecular formula is C18H19Cl5N2O2. The van der Waals surface area contributed by atoms with Crippen LogP contribution in [-0.2, 0) is 0 Å². The van der Waals surface area contributed by atoms with Crippen molar-refractivity contribution in [2.45, 2.75) is 26.3 Å². The highest BCUT2D eigenvalue weighted by Crippen LogP contribution is 2.17. The molecule has 0 fully saturated rings. The van der Waals surface area contributed by atoms with Gasteiger partial charge in [-0.15, -0.1) is 17.4 Å². The lowest BCUT2D eigenvalue weighted by atomic mass is 10.1. The number of nitrogens with one attached hydrogen (secondary N) is 1. The van der Waals surface area contributed by atoms with E-state index in [1.807, 2.05) is 20.8 Å². The van der Waals surface area contributed by atoms with Gasteiger partial charge in [0, 0.05) is 5.02 Å². The number of quaternary nitrogens is 1. The van der Waals surface area contributed by atoms with Crippen molar-refractivity contribution in [3.63, 3.8) is 0 Å². The van der Waals surface area contributed by atoms with Crippen molar-refractivity contribution in [3.05, 3.63) is 69.7 Å². The van der Waals surface area contributed by atoms with Crippen LogP contribution in [0.4, 0.5) is 0 Å². The largest absolute Gasteiger partial charge is 1.00 e. The number of hydrogen-bond donors (Lipinski definition) is 1. The Hall–Kier alpha value is -1.01. The summed E-state index contributed by atoms with van der Waals surface area (Å²) in [5.41, 5.74) is -0.0492. The van der Waals surface area contributed by atoms with Crippen molar-refractivity contribution in [2.24, 2.45) is 0 Å². The van der Waals surface area contributed by atoms with Crippen LogP contribution in [0.1, 0.15) is 41.5 Å². The average Bonchev–Trinajstić information content (AvgIpc) is 2.54. The minimum Gasteiger partial charge on any atom is -1.00 e. The number of benzene rings is 2. The van der Waals surface area contributed by atoms with Crippen LogP contribution in [0.15, 0.2) is 48.5 Å². The summed E-state index contributed by atoms with van der Waals surface area (Å²) in [4.78, 5) is 25.7. The van der Waals surface area contributed by atoms with Gasteiger partial charge < -0.3 is 12.4 Å². The molecule has 0 aromatic heterocycles. The molecule has 0 bridgehead atoms. The number of rotatable bonds is 2. The maximum Gasteiger partial charge on any atom is 0.370 e. The van der Waals surface area contributed by atoms with E-state index in [1.165, 1.54) is 0 Å². The zero-order chi connectivity index (χ0) is 18.8. The molecule has 0 radical (unpaired) electrons. The Bertz CT molecular complexity index is 791. The van der Waals surface area contributed by atoms with E-state index in [0.29, 0.717) is 10.6 Å². The van der Waals surface area contributed by atoms with Crippen LogP contribution >= 0.6 is 47.4 Å². The van der Waals surface area contributed by atoms with Gasteiger partial charge in [-0.05, 0) is 57.2 Å². The number of hydrogen-bond acceptors (Lipinski definition) is 2. The smallest absolute Gasteiger partial charge is 0.370 e. The molecule has 4 nitrogen and oxygen atoms in total. The predicted molar refractivity (Wildman–Crippen MR) is 107 cm³/mol. The summed E-state index contributed by atoms with van der Waals surface area (Å²) in [6, 6.07) is 13.0. The van der Waals surface area contributed by atoms with E-state index in [-0.39, 0.29) is 46.3 Å². The average molecular weight is 473 g/mol. The molecule has 0 aliphatic carbocycles. The molecular weight excluding hydrogens is 453 g/mol. The van der Waals surface area contributed by atoms with Gasteiger partial charge in [0.05, 0.1) is 27.9 Å². The number of nitrogens with zero attached hydrogens (tertiary/aromatic N) is 1. The molecule has 27 heavy (non-hydrogen) atoms. The van der Waals surface area contributed by atoms with E-state index in [0.717, 1.165) is 4.53 Å². The molecule has 0 heterocycles. The lowest BCUT2D eigenvalue weighted by Gasteiger charge is -2.33. The first-order valence-corrected chi connectivity index (χ1v) is 8.65. The third-order valence-corrected chi connectivity index (χ3v) is 4.41. The Kier molecular flexibility index (Phi) is 10.1. The first kappa shape index (κ1) is 26.0. The number of carbonyl (C=O) groups excluding carboxylic acids is 2. The first-order chi connectivity index (χ1) is 11.6.